The van der Waals surface area contributed by atoms with Gasteiger partial charge in [-0.05, 0) is 62.2 Å². The molecule has 1 N–H and O–H groups in total. The van der Waals surface area contributed by atoms with E-state index in [0.29, 0.717) is 29.4 Å². The van der Waals surface area contributed by atoms with Gasteiger partial charge in [-0.2, -0.15) is 5.10 Å². The Morgan fingerprint density at radius 2 is 1.84 bits per heavy atom. The highest BCUT2D eigenvalue weighted by Gasteiger charge is 2.09. The van der Waals surface area contributed by atoms with Crippen molar-refractivity contribution in [2.24, 2.45) is 5.10 Å². The van der Waals surface area contributed by atoms with E-state index in [-0.39, 0.29) is 18.5 Å². The smallest absolute Gasteiger partial charge is 0.338 e. The fraction of sp³-hybridized carbons (Fsp3) is 0.208. The summed E-state index contributed by atoms with van der Waals surface area (Å²) in [5.74, 6) is 1.02. The van der Waals surface area contributed by atoms with Crippen LogP contribution in [0.4, 0.5) is 0 Å². The van der Waals surface area contributed by atoms with Crippen LogP contribution in [0.3, 0.4) is 0 Å². The fourth-order valence-electron chi connectivity index (χ4n) is 2.77. The Morgan fingerprint density at radius 3 is 2.58 bits per heavy atom. The number of amides is 1. The SMILES string of the molecule is CCOC(=O)c1ccc(-c2ccc(/C=N\NC(=O)COc3cc(C)ccc3C)o2)cc1. The molecule has 2 aromatic carbocycles. The highest BCUT2D eigenvalue weighted by atomic mass is 16.5. The molecule has 7 heteroatoms. The normalized spacial score (nSPS) is 10.8. The molecule has 0 spiro atoms. The molecule has 1 aromatic heterocycles. The molecule has 0 unspecified atom stereocenters. The first kappa shape index (κ1) is 21.8. The van der Waals surface area contributed by atoms with E-state index in [1.807, 2.05) is 32.0 Å². The van der Waals surface area contributed by atoms with Gasteiger partial charge in [0.2, 0.25) is 0 Å². The first-order chi connectivity index (χ1) is 15.0. The van der Waals surface area contributed by atoms with Crippen LogP contribution in [0.15, 0.2) is 64.1 Å². The molecule has 0 atom stereocenters. The Morgan fingerprint density at radius 1 is 1.06 bits per heavy atom. The van der Waals surface area contributed by atoms with E-state index in [1.165, 1.54) is 6.21 Å². The number of furan rings is 1. The Hall–Kier alpha value is -3.87. The molecule has 0 saturated heterocycles. The zero-order chi connectivity index (χ0) is 22.2. The molecule has 0 saturated carbocycles. The molecule has 0 aliphatic carbocycles. The third-order valence-corrected chi connectivity index (χ3v) is 4.39. The van der Waals surface area contributed by atoms with Gasteiger partial charge in [-0.15, -0.1) is 0 Å². The maximum absolute atomic E-state index is 11.9. The minimum atomic E-state index is -0.376. The molecule has 0 radical (unpaired) electrons. The van der Waals surface area contributed by atoms with Crippen molar-refractivity contribution < 1.29 is 23.5 Å². The molecule has 0 aliphatic rings. The van der Waals surface area contributed by atoms with Crippen molar-refractivity contribution in [2.45, 2.75) is 20.8 Å². The van der Waals surface area contributed by atoms with Crippen LogP contribution in [0, 0.1) is 13.8 Å². The summed E-state index contributed by atoms with van der Waals surface area (Å²) in [6.45, 7) is 5.83. The van der Waals surface area contributed by atoms with Crippen molar-refractivity contribution in [1.82, 2.24) is 5.43 Å². The van der Waals surface area contributed by atoms with Crippen molar-refractivity contribution in [2.75, 3.05) is 13.2 Å². The summed E-state index contributed by atoms with van der Waals surface area (Å²) in [4.78, 5) is 23.7. The van der Waals surface area contributed by atoms with E-state index in [0.717, 1.165) is 16.7 Å². The highest BCUT2D eigenvalue weighted by Crippen LogP contribution is 2.22. The zero-order valence-corrected chi connectivity index (χ0v) is 17.7. The van der Waals surface area contributed by atoms with E-state index in [4.69, 9.17) is 13.9 Å². The zero-order valence-electron chi connectivity index (χ0n) is 17.7. The average molecular weight is 420 g/mol. The van der Waals surface area contributed by atoms with Gasteiger partial charge in [0.25, 0.3) is 5.91 Å². The lowest BCUT2D eigenvalue weighted by atomic mass is 10.1. The van der Waals surface area contributed by atoms with E-state index < -0.39 is 0 Å². The van der Waals surface area contributed by atoms with Gasteiger partial charge in [-0.3, -0.25) is 4.79 Å². The van der Waals surface area contributed by atoms with Crippen LogP contribution >= 0.6 is 0 Å². The number of nitrogens with one attached hydrogen (secondary N) is 1. The molecule has 3 rings (SSSR count). The number of aryl methyl sites for hydroxylation is 2. The highest BCUT2D eigenvalue weighted by molar-refractivity contribution is 5.90. The van der Waals surface area contributed by atoms with Crippen LogP contribution in [0.2, 0.25) is 0 Å². The molecular weight excluding hydrogens is 396 g/mol. The lowest BCUT2D eigenvalue weighted by molar-refractivity contribution is -0.123. The molecule has 1 amide bonds. The summed E-state index contributed by atoms with van der Waals surface area (Å²) < 4.78 is 16.2. The number of rotatable bonds is 8. The number of ether oxygens (including phenoxy) is 2. The molecule has 1 heterocycles. The van der Waals surface area contributed by atoms with Crippen LogP contribution in [-0.4, -0.2) is 31.3 Å². The van der Waals surface area contributed by atoms with Gasteiger partial charge in [0.05, 0.1) is 18.4 Å². The van der Waals surface area contributed by atoms with Crippen LogP contribution in [0.5, 0.6) is 5.75 Å². The third kappa shape index (κ3) is 6.05. The van der Waals surface area contributed by atoms with Gasteiger partial charge in [-0.1, -0.05) is 24.3 Å². The average Bonchev–Trinajstić information content (AvgIpc) is 3.23. The Balaban J connectivity index is 1.52. The summed E-state index contributed by atoms with van der Waals surface area (Å²) >= 11 is 0. The summed E-state index contributed by atoms with van der Waals surface area (Å²) in [7, 11) is 0. The van der Waals surface area contributed by atoms with Gasteiger partial charge in [0.1, 0.15) is 17.3 Å². The van der Waals surface area contributed by atoms with Gasteiger partial charge < -0.3 is 13.9 Å². The maximum Gasteiger partial charge on any atom is 0.338 e. The Bertz CT molecular complexity index is 1080. The lowest BCUT2D eigenvalue weighted by Gasteiger charge is -2.08. The predicted octanol–water partition coefficient (Wildman–Crippen LogP) is 4.27. The van der Waals surface area contributed by atoms with Crippen molar-refractivity contribution in [3.63, 3.8) is 0 Å². The number of benzene rings is 2. The molecule has 3 aromatic rings. The quantitative estimate of drug-likeness (QED) is 0.334. The van der Waals surface area contributed by atoms with Gasteiger partial charge >= 0.3 is 5.97 Å². The van der Waals surface area contributed by atoms with Crippen molar-refractivity contribution in [3.05, 3.63) is 77.0 Å². The van der Waals surface area contributed by atoms with E-state index in [1.54, 1.807) is 43.3 Å². The van der Waals surface area contributed by atoms with Crippen molar-refractivity contribution in [1.29, 1.82) is 0 Å². The van der Waals surface area contributed by atoms with Crippen molar-refractivity contribution >= 4 is 18.1 Å². The van der Waals surface area contributed by atoms with E-state index in [2.05, 4.69) is 10.5 Å². The first-order valence-electron chi connectivity index (χ1n) is 9.85. The molecule has 0 aliphatic heterocycles. The van der Waals surface area contributed by atoms with E-state index >= 15 is 0 Å². The van der Waals surface area contributed by atoms with Gasteiger partial charge in [-0.25, -0.2) is 10.2 Å². The Kier molecular flexibility index (Phi) is 7.22. The van der Waals surface area contributed by atoms with Crippen LogP contribution in [0.1, 0.15) is 34.2 Å². The standard InChI is InChI=1S/C24H24N2O5/c1-4-29-24(28)19-9-7-18(8-10-19)21-12-11-20(31-21)14-25-26-23(27)15-30-22-13-16(2)5-6-17(22)3/h5-14H,4,15H2,1-3H3,(H,26,27)/b25-14-. The summed E-state index contributed by atoms with van der Waals surface area (Å²) in [5, 5.41) is 3.90. The second-order valence-corrected chi connectivity index (χ2v) is 6.85. The predicted molar refractivity (Wildman–Crippen MR) is 117 cm³/mol. The summed E-state index contributed by atoms with van der Waals surface area (Å²) in [5.41, 5.74) is 5.71. The largest absolute Gasteiger partial charge is 0.483 e. The number of hydrogen-bond acceptors (Lipinski definition) is 6. The molecule has 7 nitrogen and oxygen atoms in total. The first-order valence-corrected chi connectivity index (χ1v) is 9.85. The Labute approximate surface area is 180 Å². The number of hydrazone groups is 1. The topological polar surface area (TPSA) is 90.1 Å². The molecule has 0 bridgehead atoms. The van der Waals surface area contributed by atoms with Crippen LogP contribution in [0.25, 0.3) is 11.3 Å². The minimum Gasteiger partial charge on any atom is -0.483 e. The summed E-state index contributed by atoms with van der Waals surface area (Å²) in [6.07, 6.45) is 1.41. The fourth-order valence-corrected chi connectivity index (χ4v) is 2.77. The molecule has 0 fully saturated rings. The minimum absolute atomic E-state index is 0.141. The second-order valence-electron chi connectivity index (χ2n) is 6.85. The molecule has 160 valence electrons. The van der Waals surface area contributed by atoms with Crippen LogP contribution < -0.4 is 10.2 Å². The van der Waals surface area contributed by atoms with Gasteiger partial charge in [0, 0.05) is 5.56 Å². The van der Waals surface area contributed by atoms with E-state index in [9.17, 15) is 9.59 Å². The molecular formula is C24H24N2O5. The number of carbonyl (C=O) groups is 2. The third-order valence-electron chi connectivity index (χ3n) is 4.39. The van der Waals surface area contributed by atoms with Crippen molar-refractivity contribution in [3.8, 4) is 17.1 Å². The number of esters is 1. The lowest BCUT2D eigenvalue weighted by Crippen LogP contribution is -2.24. The maximum atomic E-state index is 11.9. The number of carbonyl (C=O) groups excluding carboxylic acids is 2. The summed E-state index contributed by atoms with van der Waals surface area (Å²) in [6, 6.07) is 16.2. The number of nitrogens with zero attached hydrogens (tertiary/aromatic N) is 1. The number of hydrogen-bond donors (Lipinski definition) is 1. The monoisotopic (exact) mass is 420 g/mol. The van der Waals surface area contributed by atoms with Crippen LogP contribution in [-0.2, 0) is 9.53 Å². The van der Waals surface area contributed by atoms with Gasteiger partial charge in [0.15, 0.2) is 6.61 Å². The molecule has 31 heavy (non-hydrogen) atoms. The second kappa shape index (κ2) is 10.2.